The molecule has 0 unspecified atom stereocenters. The Labute approximate surface area is 111 Å². The number of rotatable bonds is 2. The van der Waals surface area contributed by atoms with Crippen LogP contribution in [0, 0.1) is 0 Å². The van der Waals surface area contributed by atoms with Crippen molar-refractivity contribution in [2.24, 2.45) is 0 Å². The van der Waals surface area contributed by atoms with Gasteiger partial charge >= 0.3 is 11.9 Å². The van der Waals surface area contributed by atoms with Crippen LogP contribution >= 0.6 is 0 Å². The van der Waals surface area contributed by atoms with Crippen molar-refractivity contribution < 1.29 is 19.1 Å². The Kier molecular flexibility index (Phi) is 3.80. The van der Waals surface area contributed by atoms with Crippen molar-refractivity contribution in [2.45, 2.75) is 20.3 Å². The lowest BCUT2D eigenvalue weighted by Crippen LogP contribution is -2.08. The van der Waals surface area contributed by atoms with Crippen molar-refractivity contribution in [3.63, 3.8) is 0 Å². The van der Waals surface area contributed by atoms with Gasteiger partial charge in [0.15, 0.2) is 0 Å². The molecule has 98 valence electrons. The topological polar surface area (TPSA) is 52.6 Å². The number of hydrogen-bond acceptors (Lipinski definition) is 4. The van der Waals surface area contributed by atoms with E-state index in [0.29, 0.717) is 17.9 Å². The minimum atomic E-state index is -0.381. The summed E-state index contributed by atoms with van der Waals surface area (Å²) in [6, 6.07) is 3.28. The second kappa shape index (κ2) is 5.52. The van der Waals surface area contributed by atoms with E-state index in [2.05, 4.69) is 0 Å². The van der Waals surface area contributed by atoms with E-state index in [1.807, 2.05) is 24.3 Å². The summed E-state index contributed by atoms with van der Waals surface area (Å²) < 4.78 is 10.4. The zero-order chi connectivity index (χ0) is 13.8. The number of fused-ring (bicyclic) bond motifs is 1. The quantitative estimate of drug-likeness (QED) is 0.604. The standard InChI is InChI=1S/C15H14O4/c1-10(16)18-14-8-9-15(19-11(2)17)13-7-5-3-4-6-12(13)14/h3-6,8-9H,7H2,1-2H3. The van der Waals surface area contributed by atoms with Gasteiger partial charge in [-0.1, -0.05) is 24.3 Å². The number of allylic oxidation sites excluding steroid dienone is 3. The molecular formula is C15H14O4. The molecule has 0 fully saturated rings. The molecule has 1 aromatic rings. The lowest BCUT2D eigenvalue weighted by atomic mass is 10.0. The Morgan fingerprint density at radius 1 is 1.00 bits per heavy atom. The van der Waals surface area contributed by atoms with Gasteiger partial charge in [-0.3, -0.25) is 9.59 Å². The lowest BCUT2D eigenvalue weighted by Gasteiger charge is -2.14. The van der Waals surface area contributed by atoms with Crippen LogP contribution in [0.4, 0.5) is 0 Å². The van der Waals surface area contributed by atoms with Crippen LogP contribution < -0.4 is 9.47 Å². The van der Waals surface area contributed by atoms with Crippen molar-refractivity contribution >= 4 is 18.0 Å². The SMILES string of the molecule is CC(=O)Oc1ccc(OC(C)=O)c2c1C=CC=CC2. The monoisotopic (exact) mass is 258 g/mol. The first-order valence-electron chi connectivity index (χ1n) is 5.94. The Morgan fingerprint density at radius 3 is 2.32 bits per heavy atom. The van der Waals surface area contributed by atoms with E-state index >= 15 is 0 Å². The highest BCUT2D eigenvalue weighted by molar-refractivity contribution is 5.76. The van der Waals surface area contributed by atoms with Gasteiger partial charge in [0.05, 0.1) is 0 Å². The predicted molar refractivity (Wildman–Crippen MR) is 70.9 cm³/mol. The van der Waals surface area contributed by atoms with Gasteiger partial charge in [-0.2, -0.15) is 0 Å². The number of esters is 2. The number of carbonyl (C=O) groups is 2. The third kappa shape index (κ3) is 3.10. The molecule has 1 aromatic carbocycles. The molecule has 1 aliphatic carbocycles. The lowest BCUT2D eigenvalue weighted by molar-refractivity contribution is -0.133. The summed E-state index contributed by atoms with van der Waals surface area (Å²) in [7, 11) is 0. The molecule has 0 aliphatic heterocycles. The number of carbonyl (C=O) groups excluding carboxylic acids is 2. The van der Waals surface area contributed by atoms with Crippen LogP contribution in [0.25, 0.3) is 6.08 Å². The van der Waals surface area contributed by atoms with Crippen LogP contribution in [0.3, 0.4) is 0 Å². The second-order valence-electron chi connectivity index (χ2n) is 4.13. The maximum absolute atomic E-state index is 11.1. The average Bonchev–Trinajstić information content (AvgIpc) is 2.57. The van der Waals surface area contributed by atoms with E-state index in [9.17, 15) is 9.59 Å². The zero-order valence-electron chi connectivity index (χ0n) is 10.8. The fourth-order valence-corrected chi connectivity index (χ4v) is 1.93. The fourth-order valence-electron chi connectivity index (χ4n) is 1.93. The van der Waals surface area contributed by atoms with Gasteiger partial charge in [0, 0.05) is 25.0 Å². The first-order valence-corrected chi connectivity index (χ1v) is 5.94. The van der Waals surface area contributed by atoms with Crippen LogP contribution in [0.5, 0.6) is 11.5 Å². The molecular weight excluding hydrogens is 244 g/mol. The van der Waals surface area contributed by atoms with E-state index < -0.39 is 0 Å². The largest absolute Gasteiger partial charge is 0.426 e. The number of hydrogen-bond donors (Lipinski definition) is 0. The highest BCUT2D eigenvalue weighted by atomic mass is 16.5. The highest BCUT2D eigenvalue weighted by Crippen LogP contribution is 2.33. The first kappa shape index (κ1) is 13.1. The molecule has 0 radical (unpaired) electrons. The summed E-state index contributed by atoms with van der Waals surface area (Å²) in [4.78, 5) is 22.2. The van der Waals surface area contributed by atoms with Gasteiger partial charge in [-0.25, -0.2) is 0 Å². The van der Waals surface area contributed by atoms with E-state index in [4.69, 9.17) is 9.47 Å². The highest BCUT2D eigenvalue weighted by Gasteiger charge is 2.16. The third-order valence-corrected chi connectivity index (χ3v) is 2.61. The molecule has 0 amide bonds. The predicted octanol–water partition coefficient (Wildman–Crippen LogP) is 2.66. The van der Waals surface area contributed by atoms with Crippen LogP contribution in [0.15, 0.2) is 30.4 Å². The van der Waals surface area contributed by atoms with Crippen LogP contribution in [0.2, 0.25) is 0 Å². The summed E-state index contributed by atoms with van der Waals surface area (Å²) in [6.45, 7) is 2.71. The maximum Gasteiger partial charge on any atom is 0.308 e. The van der Waals surface area contributed by atoms with E-state index in [1.165, 1.54) is 13.8 Å². The Hall–Kier alpha value is -2.36. The summed E-state index contributed by atoms with van der Waals surface area (Å²) in [5, 5.41) is 0. The minimum Gasteiger partial charge on any atom is -0.426 e. The zero-order valence-corrected chi connectivity index (χ0v) is 10.8. The summed E-state index contributed by atoms with van der Waals surface area (Å²) >= 11 is 0. The van der Waals surface area contributed by atoms with Gasteiger partial charge in [0.25, 0.3) is 0 Å². The van der Waals surface area contributed by atoms with Gasteiger partial charge < -0.3 is 9.47 Å². The smallest absolute Gasteiger partial charge is 0.308 e. The molecule has 0 N–H and O–H groups in total. The third-order valence-electron chi connectivity index (χ3n) is 2.61. The summed E-state index contributed by atoms with van der Waals surface area (Å²) in [6.07, 6.45) is 8.16. The molecule has 4 nitrogen and oxygen atoms in total. The minimum absolute atomic E-state index is 0.375. The second-order valence-corrected chi connectivity index (χ2v) is 4.13. The molecule has 0 atom stereocenters. The fraction of sp³-hybridized carbons (Fsp3) is 0.200. The molecule has 0 bridgehead atoms. The van der Waals surface area contributed by atoms with Crippen molar-refractivity contribution in [3.8, 4) is 11.5 Å². The van der Waals surface area contributed by atoms with Gasteiger partial charge in [0.1, 0.15) is 11.5 Å². The van der Waals surface area contributed by atoms with Crippen molar-refractivity contribution in [3.05, 3.63) is 41.5 Å². The van der Waals surface area contributed by atoms with Crippen LogP contribution in [-0.2, 0) is 16.0 Å². The molecule has 0 saturated carbocycles. The first-order chi connectivity index (χ1) is 9.08. The Balaban J connectivity index is 2.51. The van der Waals surface area contributed by atoms with Gasteiger partial charge in [0.2, 0.25) is 0 Å². The Morgan fingerprint density at radius 2 is 1.63 bits per heavy atom. The van der Waals surface area contributed by atoms with E-state index in [0.717, 1.165) is 11.1 Å². The van der Waals surface area contributed by atoms with E-state index in [-0.39, 0.29) is 11.9 Å². The molecule has 4 heteroatoms. The van der Waals surface area contributed by atoms with E-state index in [1.54, 1.807) is 12.1 Å². The Bertz CT molecular complexity index is 582. The van der Waals surface area contributed by atoms with Crippen molar-refractivity contribution in [1.29, 1.82) is 0 Å². The molecule has 19 heavy (non-hydrogen) atoms. The van der Waals surface area contributed by atoms with Crippen LogP contribution in [-0.4, -0.2) is 11.9 Å². The summed E-state index contributed by atoms with van der Waals surface area (Å²) in [5.41, 5.74) is 1.60. The summed E-state index contributed by atoms with van der Waals surface area (Å²) in [5.74, 6) is 0.209. The molecule has 0 saturated heterocycles. The average molecular weight is 258 g/mol. The van der Waals surface area contributed by atoms with Crippen molar-refractivity contribution in [2.75, 3.05) is 0 Å². The van der Waals surface area contributed by atoms with Gasteiger partial charge in [-0.05, 0) is 18.6 Å². The number of ether oxygens (including phenoxy) is 2. The van der Waals surface area contributed by atoms with Crippen molar-refractivity contribution in [1.82, 2.24) is 0 Å². The molecule has 1 aliphatic rings. The van der Waals surface area contributed by atoms with Gasteiger partial charge in [-0.15, -0.1) is 0 Å². The number of benzene rings is 1. The molecule has 0 spiro atoms. The molecule has 0 aromatic heterocycles. The molecule has 2 rings (SSSR count). The van der Waals surface area contributed by atoms with Crippen LogP contribution in [0.1, 0.15) is 25.0 Å². The normalized spacial score (nSPS) is 12.5. The molecule has 0 heterocycles. The maximum atomic E-state index is 11.1.